The molecule has 6 heteroatoms. The predicted octanol–water partition coefficient (Wildman–Crippen LogP) is 3.12. The van der Waals surface area contributed by atoms with Crippen molar-refractivity contribution in [3.8, 4) is 5.75 Å². The third-order valence-corrected chi connectivity index (χ3v) is 6.04. The monoisotopic (exact) mass is 415 g/mol. The number of hydrogen-bond donors (Lipinski definition) is 2. The fourth-order valence-electron chi connectivity index (χ4n) is 4.71. The van der Waals surface area contributed by atoms with Gasteiger partial charge in [-0.2, -0.15) is 0 Å². The number of ether oxygens (including phenoxy) is 1. The molecule has 166 valence electrons. The molecule has 2 N–H and O–H groups in total. The maximum atomic E-state index is 12.7. The molecule has 2 heterocycles. The van der Waals surface area contributed by atoms with Gasteiger partial charge in [0.25, 0.3) is 5.91 Å². The second-order valence-corrected chi connectivity index (χ2v) is 10.3. The molecule has 2 aliphatic heterocycles. The van der Waals surface area contributed by atoms with E-state index in [9.17, 15) is 9.59 Å². The number of nitrogens with one attached hydrogen (secondary N) is 2. The Morgan fingerprint density at radius 1 is 1.03 bits per heavy atom. The molecular formula is C24H37N3O3. The van der Waals surface area contributed by atoms with Crippen LogP contribution in [0, 0.1) is 5.92 Å². The highest BCUT2D eigenvalue weighted by Gasteiger charge is 2.42. The van der Waals surface area contributed by atoms with Gasteiger partial charge in [0, 0.05) is 24.2 Å². The zero-order valence-corrected chi connectivity index (χ0v) is 19.0. The van der Waals surface area contributed by atoms with E-state index in [0.717, 1.165) is 25.7 Å². The maximum absolute atomic E-state index is 12.7. The Morgan fingerprint density at radius 3 is 2.20 bits per heavy atom. The molecule has 2 atom stereocenters. The first-order chi connectivity index (χ1) is 14.0. The highest BCUT2D eigenvalue weighted by atomic mass is 16.5. The van der Waals surface area contributed by atoms with Gasteiger partial charge >= 0.3 is 0 Å². The Bertz CT molecular complexity index is 728. The SMILES string of the molecule is CC(C)(C)NC(=O)CN1C2CCC1CC(CNC(=O)C(C)(C)Oc1ccccc1)C2. The van der Waals surface area contributed by atoms with Crippen molar-refractivity contribution in [2.45, 2.75) is 83.5 Å². The molecule has 2 amide bonds. The van der Waals surface area contributed by atoms with Crippen LogP contribution < -0.4 is 15.4 Å². The summed E-state index contributed by atoms with van der Waals surface area (Å²) in [5, 5.41) is 6.18. The average molecular weight is 416 g/mol. The Labute approximate surface area is 180 Å². The van der Waals surface area contributed by atoms with Gasteiger partial charge in [-0.15, -0.1) is 0 Å². The van der Waals surface area contributed by atoms with Crippen LogP contribution in [0.1, 0.15) is 60.3 Å². The number of carbonyl (C=O) groups excluding carboxylic acids is 2. The number of piperidine rings is 1. The van der Waals surface area contributed by atoms with Gasteiger partial charge in [0.15, 0.2) is 5.60 Å². The molecule has 2 bridgehead atoms. The highest BCUT2D eigenvalue weighted by Crippen LogP contribution is 2.38. The first kappa shape index (κ1) is 22.6. The van der Waals surface area contributed by atoms with Gasteiger partial charge in [0.2, 0.25) is 5.91 Å². The van der Waals surface area contributed by atoms with Crippen molar-refractivity contribution >= 4 is 11.8 Å². The second-order valence-electron chi connectivity index (χ2n) is 10.3. The largest absolute Gasteiger partial charge is 0.478 e. The summed E-state index contributed by atoms with van der Waals surface area (Å²) >= 11 is 0. The summed E-state index contributed by atoms with van der Waals surface area (Å²) in [4.78, 5) is 27.5. The van der Waals surface area contributed by atoms with Crippen LogP contribution in [0.15, 0.2) is 30.3 Å². The Kier molecular flexibility index (Phi) is 6.75. The smallest absolute Gasteiger partial charge is 0.263 e. The van der Waals surface area contributed by atoms with E-state index in [1.807, 2.05) is 51.1 Å². The van der Waals surface area contributed by atoms with Crippen molar-refractivity contribution in [1.82, 2.24) is 15.5 Å². The first-order valence-electron chi connectivity index (χ1n) is 11.1. The van der Waals surface area contributed by atoms with Crippen molar-refractivity contribution in [2.24, 2.45) is 5.92 Å². The molecule has 1 aromatic rings. The van der Waals surface area contributed by atoms with E-state index in [-0.39, 0.29) is 17.4 Å². The van der Waals surface area contributed by atoms with E-state index >= 15 is 0 Å². The summed E-state index contributed by atoms with van der Waals surface area (Å²) in [5.41, 5.74) is -1.13. The van der Waals surface area contributed by atoms with Gasteiger partial charge in [0.05, 0.1) is 6.54 Å². The molecule has 3 rings (SSSR count). The number of carbonyl (C=O) groups is 2. The number of fused-ring (bicyclic) bond motifs is 2. The quantitative estimate of drug-likeness (QED) is 0.718. The van der Waals surface area contributed by atoms with Crippen LogP contribution in [0.5, 0.6) is 5.75 Å². The van der Waals surface area contributed by atoms with Crippen LogP contribution in [0.25, 0.3) is 0 Å². The van der Waals surface area contributed by atoms with Gasteiger partial charge in [-0.25, -0.2) is 0 Å². The molecule has 2 aliphatic rings. The lowest BCUT2D eigenvalue weighted by Crippen LogP contribution is -2.53. The molecule has 2 unspecified atom stereocenters. The van der Waals surface area contributed by atoms with Crippen molar-refractivity contribution in [2.75, 3.05) is 13.1 Å². The number of amides is 2. The van der Waals surface area contributed by atoms with E-state index in [1.165, 1.54) is 0 Å². The summed E-state index contributed by atoms with van der Waals surface area (Å²) in [7, 11) is 0. The fourth-order valence-corrected chi connectivity index (χ4v) is 4.71. The molecule has 0 aromatic heterocycles. The molecule has 6 nitrogen and oxygen atoms in total. The van der Waals surface area contributed by atoms with Crippen LogP contribution >= 0.6 is 0 Å². The van der Waals surface area contributed by atoms with Crippen LogP contribution in [-0.4, -0.2) is 53.0 Å². The molecule has 2 fully saturated rings. The van der Waals surface area contributed by atoms with Crippen molar-refractivity contribution in [3.63, 3.8) is 0 Å². The maximum Gasteiger partial charge on any atom is 0.263 e. The topological polar surface area (TPSA) is 70.7 Å². The normalized spacial score (nSPS) is 24.4. The lowest BCUT2D eigenvalue weighted by atomic mass is 9.90. The van der Waals surface area contributed by atoms with Gasteiger partial charge in [-0.05, 0) is 78.4 Å². The minimum atomic E-state index is -0.925. The summed E-state index contributed by atoms with van der Waals surface area (Å²) in [6, 6.07) is 10.3. The zero-order chi connectivity index (χ0) is 21.9. The van der Waals surface area contributed by atoms with Gasteiger partial charge in [-0.3, -0.25) is 14.5 Å². The molecule has 0 spiro atoms. The third-order valence-electron chi connectivity index (χ3n) is 6.04. The Hall–Kier alpha value is -2.08. The van der Waals surface area contributed by atoms with Crippen LogP contribution in [0.2, 0.25) is 0 Å². The molecule has 1 aromatic carbocycles. The molecule has 0 aliphatic carbocycles. The summed E-state index contributed by atoms with van der Waals surface area (Å²) in [5.74, 6) is 1.15. The lowest BCUT2D eigenvalue weighted by molar-refractivity contribution is -0.134. The van der Waals surface area contributed by atoms with E-state index < -0.39 is 5.60 Å². The van der Waals surface area contributed by atoms with Gasteiger partial charge in [-0.1, -0.05) is 18.2 Å². The average Bonchev–Trinajstić information content (AvgIpc) is 2.87. The van der Waals surface area contributed by atoms with E-state index in [2.05, 4.69) is 15.5 Å². The van der Waals surface area contributed by atoms with Gasteiger partial charge in [0.1, 0.15) is 5.75 Å². The summed E-state index contributed by atoms with van der Waals surface area (Å²) in [6.45, 7) is 10.8. The molecular weight excluding hydrogens is 378 g/mol. The molecule has 0 saturated carbocycles. The molecule has 2 saturated heterocycles. The Morgan fingerprint density at radius 2 is 1.63 bits per heavy atom. The summed E-state index contributed by atoms with van der Waals surface area (Å²) in [6.07, 6.45) is 4.33. The minimum absolute atomic E-state index is 0.0920. The second kappa shape index (κ2) is 8.96. The van der Waals surface area contributed by atoms with Crippen LogP contribution in [-0.2, 0) is 9.59 Å². The van der Waals surface area contributed by atoms with Crippen molar-refractivity contribution < 1.29 is 14.3 Å². The van der Waals surface area contributed by atoms with Gasteiger partial charge < -0.3 is 15.4 Å². The number of rotatable bonds is 7. The standard InChI is InChI=1S/C24H37N3O3/c1-23(2,3)26-21(28)16-27-18-11-12-19(27)14-17(13-18)15-25-22(29)24(4,5)30-20-9-7-6-8-10-20/h6-10,17-19H,11-16H2,1-5H3,(H,25,29)(H,26,28). The third kappa shape index (κ3) is 5.97. The number of nitrogens with zero attached hydrogens (tertiary/aromatic N) is 1. The summed E-state index contributed by atoms with van der Waals surface area (Å²) < 4.78 is 5.89. The van der Waals surface area contributed by atoms with E-state index in [1.54, 1.807) is 13.8 Å². The van der Waals surface area contributed by atoms with Crippen LogP contribution in [0.4, 0.5) is 0 Å². The lowest BCUT2D eigenvalue weighted by Gasteiger charge is -2.39. The zero-order valence-electron chi connectivity index (χ0n) is 19.0. The number of para-hydroxylation sites is 1. The van der Waals surface area contributed by atoms with E-state index in [4.69, 9.17) is 4.74 Å². The minimum Gasteiger partial charge on any atom is -0.478 e. The molecule has 0 radical (unpaired) electrons. The fraction of sp³-hybridized carbons (Fsp3) is 0.667. The van der Waals surface area contributed by atoms with E-state index in [0.29, 0.717) is 36.8 Å². The predicted molar refractivity (Wildman–Crippen MR) is 118 cm³/mol. The molecule has 30 heavy (non-hydrogen) atoms. The van der Waals surface area contributed by atoms with Crippen LogP contribution in [0.3, 0.4) is 0 Å². The van der Waals surface area contributed by atoms with Crippen molar-refractivity contribution in [1.29, 1.82) is 0 Å². The number of hydrogen-bond acceptors (Lipinski definition) is 4. The first-order valence-corrected chi connectivity index (χ1v) is 11.1. The number of benzene rings is 1. The Balaban J connectivity index is 1.48. The van der Waals surface area contributed by atoms with Crippen molar-refractivity contribution in [3.05, 3.63) is 30.3 Å². The highest BCUT2D eigenvalue weighted by molar-refractivity contribution is 5.84.